The Labute approximate surface area is 100 Å². The van der Waals surface area contributed by atoms with Gasteiger partial charge in [0.05, 0.1) is 5.69 Å². The van der Waals surface area contributed by atoms with Gasteiger partial charge >= 0.3 is 0 Å². The topological polar surface area (TPSA) is 52.8 Å². The Balaban J connectivity index is 2.11. The van der Waals surface area contributed by atoms with E-state index in [0.717, 1.165) is 29.4 Å². The molecule has 5 nitrogen and oxygen atoms in total. The van der Waals surface area contributed by atoms with Gasteiger partial charge in [-0.3, -0.25) is 9.67 Å². The fourth-order valence-electron chi connectivity index (χ4n) is 1.58. The van der Waals surface area contributed by atoms with Gasteiger partial charge in [-0.25, -0.2) is 4.98 Å². The zero-order valence-electron chi connectivity index (χ0n) is 10.3. The molecule has 0 N–H and O–H groups in total. The summed E-state index contributed by atoms with van der Waals surface area (Å²) in [5.74, 6) is 1.62. The molecule has 0 atom stereocenters. The molecule has 0 unspecified atom stereocenters. The van der Waals surface area contributed by atoms with E-state index in [-0.39, 0.29) is 0 Å². The monoisotopic (exact) mass is 232 g/mol. The molecule has 0 radical (unpaired) electrons. The number of aryl methyl sites for hydroxylation is 3. The first-order valence-corrected chi connectivity index (χ1v) is 5.63. The summed E-state index contributed by atoms with van der Waals surface area (Å²) in [6, 6.07) is 3.91. The van der Waals surface area contributed by atoms with Crippen molar-refractivity contribution in [2.24, 2.45) is 7.05 Å². The molecular weight excluding hydrogens is 216 g/mol. The summed E-state index contributed by atoms with van der Waals surface area (Å²) in [5.41, 5.74) is 1.99. The van der Waals surface area contributed by atoms with E-state index in [0.29, 0.717) is 6.61 Å². The van der Waals surface area contributed by atoms with Gasteiger partial charge in [-0.2, -0.15) is 5.10 Å². The van der Waals surface area contributed by atoms with Crippen molar-refractivity contribution in [1.29, 1.82) is 0 Å². The SMILES string of the molecule is CCc1nc(C)ccc1OCc1ncnn1C. The molecule has 2 rings (SSSR count). The van der Waals surface area contributed by atoms with E-state index in [9.17, 15) is 0 Å². The van der Waals surface area contributed by atoms with Crippen LogP contribution in [-0.4, -0.2) is 19.7 Å². The van der Waals surface area contributed by atoms with E-state index >= 15 is 0 Å². The molecule has 90 valence electrons. The van der Waals surface area contributed by atoms with Gasteiger partial charge in [-0.15, -0.1) is 0 Å². The molecule has 0 saturated carbocycles. The highest BCUT2D eigenvalue weighted by atomic mass is 16.5. The first-order chi connectivity index (χ1) is 8.20. The third-order valence-electron chi connectivity index (χ3n) is 2.57. The van der Waals surface area contributed by atoms with Crippen LogP contribution in [0.2, 0.25) is 0 Å². The van der Waals surface area contributed by atoms with Crippen LogP contribution in [0.25, 0.3) is 0 Å². The van der Waals surface area contributed by atoms with Gasteiger partial charge in [0, 0.05) is 12.7 Å². The van der Waals surface area contributed by atoms with Gasteiger partial charge in [0.1, 0.15) is 18.7 Å². The van der Waals surface area contributed by atoms with Gasteiger partial charge in [-0.05, 0) is 25.5 Å². The summed E-state index contributed by atoms with van der Waals surface area (Å²) in [6.45, 7) is 4.46. The Kier molecular flexibility index (Phi) is 3.37. The first-order valence-electron chi connectivity index (χ1n) is 5.63. The van der Waals surface area contributed by atoms with Gasteiger partial charge < -0.3 is 4.74 Å². The Morgan fingerprint density at radius 3 is 2.82 bits per heavy atom. The third kappa shape index (κ3) is 2.61. The average molecular weight is 232 g/mol. The van der Waals surface area contributed by atoms with Crippen molar-refractivity contribution in [1.82, 2.24) is 19.7 Å². The van der Waals surface area contributed by atoms with Crippen molar-refractivity contribution in [3.63, 3.8) is 0 Å². The zero-order valence-corrected chi connectivity index (χ0v) is 10.3. The number of pyridine rings is 1. The van der Waals surface area contributed by atoms with Crippen LogP contribution in [0.3, 0.4) is 0 Å². The fraction of sp³-hybridized carbons (Fsp3) is 0.417. The molecule has 0 amide bonds. The second kappa shape index (κ2) is 4.95. The largest absolute Gasteiger partial charge is 0.484 e. The maximum absolute atomic E-state index is 5.72. The molecule has 0 aromatic carbocycles. The zero-order chi connectivity index (χ0) is 12.3. The summed E-state index contributed by atoms with van der Waals surface area (Å²) in [7, 11) is 1.85. The lowest BCUT2D eigenvalue weighted by atomic mass is 10.2. The molecule has 17 heavy (non-hydrogen) atoms. The van der Waals surface area contributed by atoms with Crippen LogP contribution in [0.1, 0.15) is 24.1 Å². The number of nitrogens with zero attached hydrogens (tertiary/aromatic N) is 4. The molecule has 2 aromatic rings. The van der Waals surface area contributed by atoms with Gasteiger partial charge in [0.15, 0.2) is 5.82 Å². The lowest BCUT2D eigenvalue weighted by Crippen LogP contribution is -2.06. The van der Waals surface area contributed by atoms with E-state index in [1.807, 2.05) is 26.1 Å². The molecule has 0 spiro atoms. The highest BCUT2D eigenvalue weighted by Crippen LogP contribution is 2.18. The summed E-state index contributed by atoms with van der Waals surface area (Å²) in [5, 5.41) is 4.00. The lowest BCUT2D eigenvalue weighted by Gasteiger charge is -2.09. The van der Waals surface area contributed by atoms with E-state index in [4.69, 9.17) is 4.74 Å². The summed E-state index contributed by atoms with van der Waals surface area (Å²) in [6.07, 6.45) is 2.38. The van der Waals surface area contributed by atoms with Crippen molar-refractivity contribution in [2.75, 3.05) is 0 Å². The Bertz CT molecular complexity index is 507. The van der Waals surface area contributed by atoms with Crippen molar-refractivity contribution in [3.8, 4) is 5.75 Å². The molecule has 5 heteroatoms. The minimum atomic E-state index is 0.411. The van der Waals surface area contributed by atoms with Crippen LogP contribution in [0.15, 0.2) is 18.5 Å². The van der Waals surface area contributed by atoms with Crippen LogP contribution in [0.5, 0.6) is 5.75 Å². The van der Waals surface area contributed by atoms with Crippen LogP contribution >= 0.6 is 0 Å². The highest BCUT2D eigenvalue weighted by molar-refractivity contribution is 5.29. The van der Waals surface area contributed by atoms with Crippen molar-refractivity contribution in [2.45, 2.75) is 26.9 Å². The first kappa shape index (κ1) is 11.6. The van der Waals surface area contributed by atoms with Crippen molar-refractivity contribution < 1.29 is 4.74 Å². The van der Waals surface area contributed by atoms with E-state index < -0.39 is 0 Å². The van der Waals surface area contributed by atoms with Crippen LogP contribution in [0, 0.1) is 6.92 Å². The predicted molar refractivity (Wildman–Crippen MR) is 63.7 cm³/mol. The van der Waals surface area contributed by atoms with Gasteiger partial charge in [0.25, 0.3) is 0 Å². The number of rotatable bonds is 4. The van der Waals surface area contributed by atoms with E-state index in [1.54, 1.807) is 4.68 Å². The molecule has 0 bridgehead atoms. The summed E-state index contributed by atoms with van der Waals surface area (Å²) >= 11 is 0. The second-order valence-corrected chi connectivity index (χ2v) is 3.84. The van der Waals surface area contributed by atoms with Crippen molar-refractivity contribution >= 4 is 0 Å². The maximum Gasteiger partial charge on any atom is 0.164 e. The fourth-order valence-corrected chi connectivity index (χ4v) is 1.58. The molecule has 0 aliphatic rings. The molecule has 0 saturated heterocycles. The Hall–Kier alpha value is -1.91. The van der Waals surface area contributed by atoms with Crippen LogP contribution in [0.4, 0.5) is 0 Å². The average Bonchev–Trinajstić information content (AvgIpc) is 2.73. The normalized spacial score (nSPS) is 10.5. The molecule has 0 aliphatic carbocycles. The van der Waals surface area contributed by atoms with Crippen LogP contribution < -0.4 is 4.74 Å². The molecule has 0 aliphatic heterocycles. The highest BCUT2D eigenvalue weighted by Gasteiger charge is 2.06. The lowest BCUT2D eigenvalue weighted by molar-refractivity contribution is 0.285. The summed E-state index contributed by atoms with van der Waals surface area (Å²) in [4.78, 5) is 8.56. The predicted octanol–water partition coefficient (Wildman–Crippen LogP) is 1.66. The van der Waals surface area contributed by atoms with E-state index in [1.165, 1.54) is 6.33 Å². The maximum atomic E-state index is 5.72. The minimum absolute atomic E-state index is 0.411. The van der Waals surface area contributed by atoms with Crippen molar-refractivity contribution in [3.05, 3.63) is 35.7 Å². The summed E-state index contributed by atoms with van der Waals surface area (Å²) < 4.78 is 7.42. The van der Waals surface area contributed by atoms with Gasteiger partial charge in [-0.1, -0.05) is 6.92 Å². The molecule has 2 aromatic heterocycles. The standard InChI is InChI=1S/C12H16N4O/c1-4-10-11(6-5-9(2)15-10)17-7-12-13-8-14-16(12)3/h5-6,8H,4,7H2,1-3H3. The van der Waals surface area contributed by atoms with Crippen LogP contribution in [-0.2, 0) is 20.1 Å². The third-order valence-corrected chi connectivity index (χ3v) is 2.57. The molecule has 0 fully saturated rings. The molecular formula is C12H16N4O. The van der Waals surface area contributed by atoms with E-state index in [2.05, 4.69) is 22.0 Å². The number of aromatic nitrogens is 4. The molecule has 2 heterocycles. The second-order valence-electron chi connectivity index (χ2n) is 3.84. The Morgan fingerprint density at radius 1 is 1.35 bits per heavy atom. The van der Waals surface area contributed by atoms with Gasteiger partial charge in [0.2, 0.25) is 0 Å². The number of ether oxygens (including phenoxy) is 1. The Morgan fingerprint density at radius 2 is 2.18 bits per heavy atom. The number of hydrogen-bond acceptors (Lipinski definition) is 4. The number of hydrogen-bond donors (Lipinski definition) is 0. The quantitative estimate of drug-likeness (QED) is 0.804. The smallest absolute Gasteiger partial charge is 0.164 e. The minimum Gasteiger partial charge on any atom is -0.484 e.